The first kappa shape index (κ1) is 10.4. The molecule has 14 heavy (non-hydrogen) atoms. The van der Waals surface area contributed by atoms with Gasteiger partial charge in [0.1, 0.15) is 11.7 Å². The van der Waals surface area contributed by atoms with Crippen LogP contribution in [0, 0.1) is 10.1 Å². The number of carbonyl (C=O) groups excluding carboxylic acids is 1. The Morgan fingerprint density at radius 3 is 2.43 bits per heavy atom. The van der Waals surface area contributed by atoms with Gasteiger partial charge in [0.05, 0.1) is 0 Å². The molecule has 4 heteroatoms. The third-order valence-electron chi connectivity index (χ3n) is 2.02. The van der Waals surface area contributed by atoms with E-state index in [1.807, 2.05) is 6.07 Å². The van der Waals surface area contributed by atoms with Gasteiger partial charge in [0.15, 0.2) is 0 Å². The molecular weight excluding hydrogens is 182 g/mol. The lowest BCUT2D eigenvalue weighted by Gasteiger charge is -2.08. The van der Waals surface area contributed by atoms with Gasteiger partial charge in [0, 0.05) is 4.92 Å². The van der Waals surface area contributed by atoms with E-state index in [0.29, 0.717) is 5.56 Å². The fourth-order valence-corrected chi connectivity index (χ4v) is 1.30. The SMILES string of the molecule is CC(=O)[C@H](C[N+](=O)[O-])c1ccccc1. The molecule has 0 aliphatic heterocycles. The van der Waals surface area contributed by atoms with Crippen molar-refractivity contribution in [2.24, 2.45) is 0 Å². The molecule has 0 heterocycles. The van der Waals surface area contributed by atoms with E-state index in [9.17, 15) is 14.9 Å². The van der Waals surface area contributed by atoms with Crippen LogP contribution in [0.25, 0.3) is 0 Å². The summed E-state index contributed by atoms with van der Waals surface area (Å²) >= 11 is 0. The largest absolute Gasteiger partial charge is 0.299 e. The molecule has 0 amide bonds. The highest BCUT2D eigenvalue weighted by Crippen LogP contribution is 2.16. The lowest BCUT2D eigenvalue weighted by Crippen LogP contribution is -2.18. The van der Waals surface area contributed by atoms with E-state index >= 15 is 0 Å². The van der Waals surface area contributed by atoms with Crippen molar-refractivity contribution in [3.8, 4) is 0 Å². The van der Waals surface area contributed by atoms with Gasteiger partial charge >= 0.3 is 0 Å². The van der Waals surface area contributed by atoms with Crippen LogP contribution in [0.5, 0.6) is 0 Å². The van der Waals surface area contributed by atoms with Gasteiger partial charge in [-0.15, -0.1) is 0 Å². The number of rotatable bonds is 4. The normalized spacial score (nSPS) is 12.1. The van der Waals surface area contributed by atoms with Gasteiger partial charge < -0.3 is 0 Å². The number of hydrogen-bond donors (Lipinski definition) is 0. The highest BCUT2D eigenvalue weighted by Gasteiger charge is 2.21. The van der Waals surface area contributed by atoms with E-state index < -0.39 is 10.8 Å². The molecule has 0 aliphatic rings. The molecule has 0 spiro atoms. The lowest BCUT2D eigenvalue weighted by atomic mass is 9.96. The van der Waals surface area contributed by atoms with Gasteiger partial charge in [0.2, 0.25) is 6.54 Å². The number of benzene rings is 1. The van der Waals surface area contributed by atoms with Gasteiger partial charge in [-0.25, -0.2) is 0 Å². The van der Waals surface area contributed by atoms with E-state index in [1.165, 1.54) is 6.92 Å². The topological polar surface area (TPSA) is 60.2 Å². The second-order valence-electron chi connectivity index (χ2n) is 3.09. The number of carbonyl (C=O) groups is 1. The van der Waals surface area contributed by atoms with Crippen molar-refractivity contribution in [1.29, 1.82) is 0 Å². The van der Waals surface area contributed by atoms with Gasteiger partial charge in [-0.05, 0) is 12.5 Å². The number of ketones is 1. The molecule has 0 bridgehead atoms. The van der Waals surface area contributed by atoms with Crippen LogP contribution in [-0.4, -0.2) is 17.3 Å². The van der Waals surface area contributed by atoms with Gasteiger partial charge in [-0.2, -0.15) is 0 Å². The van der Waals surface area contributed by atoms with Crippen molar-refractivity contribution >= 4 is 5.78 Å². The standard InChI is InChI=1S/C10H11NO3/c1-8(12)10(7-11(13)14)9-5-3-2-4-6-9/h2-6,10H,7H2,1H3/t10-/m0/s1. The summed E-state index contributed by atoms with van der Waals surface area (Å²) in [5, 5.41) is 10.3. The van der Waals surface area contributed by atoms with E-state index in [1.54, 1.807) is 24.3 Å². The third kappa shape index (κ3) is 2.65. The van der Waals surface area contributed by atoms with Crippen molar-refractivity contribution in [3.63, 3.8) is 0 Å². The highest BCUT2D eigenvalue weighted by molar-refractivity contribution is 5.83. The summed E-state index contributed by atoms with van der Waals surface area (Å²) in [7, 11) is 0. The van der Waals surface area contributed by atoms with Crippen LogP contribution in [0.4, 0.5) is 0 Å². The van der Waals surface area contributed by atoms with Crippen LogP contribution < -0.4 is 0 Å². The quantitative estimate of drug-likeness (QED) is 0.539. The number of nitro groups is 1. The van der Waals surface area contributed by atoms with Crippen LogP contribution >= 0.6 is 0 Å². The minimum Gasteiger partial charge on any atom is -0.299 e. The molecule has 0 aromatic heterocycles. The first-order valence-corrected chi connectivity index (χ1v) is 4.28. The lowest BCUT2D eigenvalue weighted by molar-refractivity contribution is -0.481. The van der Waals surface area contributed by atoms with Crippen LogP contribution in [0.2, 0.25) is 0 Å². The fourth-order valence-electron chi connectivity index (χ4n) is 1.30. The molecule has 1 rings (SSSR count). The molecule has 0 fully saturated rings. The van der Waals surface area contributed by atoms with E-state index in [2.05, 4.69) is 0 Å². The second kappa shape index (κ2) is 4.50. The van der Waals surface area contributed by atoms with Gasteiger partial charge in [-0.1, -0.05) is 30.3 Å². The maximum absolute atomic E-state index is 11.2. The molecule has 0 radical (unpaired) electrons. The first-order chi connectivity index (χ1) is 6.61. The van der Waals surface area contributed by atoms with Crippen molar-refractivity contribution in [1.82, 2.24) is 0 Å². The van der Waals surface area contributed by atoms with Crippen LogP contribution in [0.1, 0.15) is 18.4 Å². The minimum atomic E-state index is -0.619. The van der Waals surface area contributed by atoms with Crippen molar-refractivity contribution in [3.05, 3.63) is 46.0 Å². The summed E-state index contributed by atoms with van der Waals surface area (Å²) in [5.74, 6) is -0.793. The molecule has 1 aromatic carbocycles. The second-order valence-corrected chi connectivity index (χ2v) is 3.09. The van der Waals surface area contributed by atoms with Crippen molar-refractivity contribution < 1.29 is 9.72 Å². The zero-order valence-electron chi connectivity index (χ0n) is 7.84. The molecule has 1 aromatic rings. The Bertz CT molecular complexity index is 334. The predicted octanol–water partition coefficient (Wildman–Crippen LogP) is 1.64. The number of Topliss-reactive ketones (excluding diaryl/α,β-unsaturated/α-hetero) is 1. The summed E-state index contributed by atoms with van der Waals surface area (Å²) in [6, 6.07) is 8.81. The average molecular weight is 193 g/mol. The van der Waals surface area contributed by atoms with E-state index in [-0.39, 0.29) is 12.3 Å². The molecule has 0 unspecified atom stereocenters. The summed E-state index contributed by atoms with van der Waals surface area (Å²) in [6.07, 6.45) is 0. The Morgan fingerprint density at radius 1 is 1.43 bits per heavy atom. The highest BCUT2D eigenvalue weighted by atomic mass is 16.6. The smallest absolute Gasteiger partial charge is 0.217 e. The zero-order chi connectivity index (χ0) is 10.6. The van der Waals surface area contributed by atoms with E-state index in [4.69, 9.17) is 0 Å². The molecule has 0 N–H and O–H groups in total. The zero-order valence-corrected chi connectivity index (χ0v) is 7.84. The summed E-state index contributed by atoms with van der Waals surface area (Å²) in [4.78, 5) is 21.1. The minimum absolute atomic E-state index is 0.173. The number of nitrogens with zero attached hydrogens (tertiary/aromatic N) is 1. The van der Waals surface area contributed by atoms with Crippen molar-refractivity contribution in [2.75, 3.05) is 6.54 Å². The Morgan fingerprint density at radius 2 is 2.00 bits per heavy atom. The van der Waals surface area contributed by atoms with Crippen molar-refractivity contribution in [2.45, 2.75) is 12.8 Å². The summed E-state index contributed by atoms with van der Waals surface area (Å²) in [6.45, 7) is 1.04. The third-order valence-corrected chi connectivity index (χ3v) is 2.02. The van der Waals surface area contributed by atoms with Gasteiger partial charge in [0.25, 0.3) is 0 Å². The molecule has 1 atom stereocenters. The number of hydrogen-bond acceptors (Lipinski definition) is 3. The molecule has 74 valence electrons. The Labute approximate surface area is 81.7 Å². The van der Waals surface area contributed by atoms with Gasteiger partial charge in [-0.3, -0.25) is 14.9 Å². The Hall–Kier alpha value is -1.71. The van der Waals surface area contributed by atoms with Crippen LogP contribution in [0.15, 0.2) is 30.3 Å². The summed E-state index contributed by atoms with van der Waals surface area (Å²) < 4.78 is 0. The molecule has 0 aliphatic carbocycles. The Balaban J connectivity index is 2.89. The molecule has 0 saturated heterocycles. The average Bonchev–Trinajstić information content (AvgIpc) is 2.15. The molecule has 4 nitrogen and oxygen atoms in total. The molecular formula is C10H11NO3. The monoisotopic (exact) mass is 193 g/mol. The fraction of sp³-hybridized carbons (Fsp3) is 0.300. The molecule has 0 saturated carbocycles. The van der Waals surface area contributed by atoms with E-state index in [0.717, 1.165) is 0 Å². The maximum Gasteiger partial charge on any atom is 0.217 e. The Kier molecular flexibility index (Phi) is 3.34. The summed E-state index contributed by atoms with van der Waals surface area (Å²) in [5.41, 5.74) is 0.705. The first-order valence-electron chi connectivity index (χ1n) is 4.28. The maximum atomic E-state index is 11.2. The predicted molar refractivity (Wildman–Crippen MR) is 51.7 cm³/mol. The van der Waals surface area contributed by atoms with Crippen LogP contribution in [0.3, 0.4) is 0 Å². The van der Waals surface area contributed by atoms with Crippen LogP contribution in [-0.2, 0) is 4.79 Å².